The first-order valence-corrected chi connectivity index (χ1v) is 11.1. The summed E-state index contributed by atoms with van der Waals surface area (Å²) in [6.45, 7) is 4.53. The molecule has 2 aliphatic rings. The fourth-order valence-corrected chi connectivity index (χ4v) is 5.00. The van der Waals surface area contributed by atoms with Gasteiger partial charge in [-0.25, -0.2) is 0 Å². The van der Waals surface area contributed by atoms with Crippen molar-refractivity contribution in [1.29, 1.82) is 0 Å². The van der Waals surface area contributed by atoms with Crippen molar-refractivity contribution in [2.24, 2.45) is 0 Å². The van der Waals surface area contributed by atoms with E-state index >= 15 is 0 Å². The molecule has 4 nitrogen and oxygen atoms in total. The molecule has 0 radical (unpaired) electrons. The first kappa shape index (κ1) is 20.0. The molecule has 0 aliphatic carbocycles. The number of nitrogens with zero attached hydrogens (tertiary/aromatic N) is 1. The van der Waals surface area contributed by atoms with Gasteiger partial charge in [0.25, 0.3) is 0 Å². The van der Waals surface area contributed by atoms with Gasteiger partial charge in [0.1, 0.15) is 5.75 Å². The predicted octanol–water partition coefficient (Wildman–Crippen LogP) is 4.15. The smallest absolute Gasteiger partial charge is 0.227 e. The Morgan fingerprint density at radius 1 is 1.07 bits per heavy atom. The van der Waals surface area contributed by atoms with E-state index in [0.29, 0.717) is 25.0 Å². The molecule has 2 aliphatic heterocycles. The lowest BCUT2D eigenvalue weighted by Crippen LogP contribution is -2.58. The Hall–Kier alpha value is -2.33. The standard InChI is InChI=1S/C25H32N2O2/c1-2-29-21-13-11-19(12-14-21)18-24(28)27-17-7-6-10-23-25(27)22(15-16-26-23)20-8-4-3-5-9-20/h3-5,8-9,11-14,22-23,25-26H,2,6-7,10,15-18H2,1H3/t22-,23-,25-/m1/s1. The molecule has 0 unspecified atom stereocenters. The van der Waals surface area contributed by atoms with Crippen LogP contribution in [0, 0.1) is 0 Å². The number of hydrogen-bond acceptors (Lipinski definition) is 3. The number of carbonyl (C=O) groups excluding carboxylic acids is 1. The highest BCUT2D eigenvalue weighted by molar-refractivity contribution is 5.79. The molecule has 29 heavy (non-hydrogen) atoms. The van der Waals surface area contributed by atoms with Crippen LogP contribution >= 0.6 is 0 Å². The van der Waals surface area contributed by atoms with E-state index in [-0.39, 0.29) is 11.9 Å². The Morgan fingerprint density at radius 3 is 2.62 bits per heavy atom. The molecule has 4 rings (SSSR count). The highest BCUT2D eigenvalue weighted by Crippen LogP contribution is 2.35. The first-order valence-electron chi connectivity index (χ1n) is 11.1. The number of ether oxygens (including phenoxy) is 1. The highest BCUT2D eigenvalue weighted by atomic mass is 16.5. The van der Waals surface area contributed by atoms with Gasteiger partial charge in [-0.3, -0.25) is 4.79 Å². The van der Waals surface area contributed by atoms with E-state index < -0.39 is 0 Å². The minimum absolute atomic E-state index is 0.240. The van der Waals surface area contributed by atoms with Crippen molar-refractivity contribution >= 4 is 5.91 Å². The van der Waals surface area contributed by atoms with Crippen molar-refractivity contribution < 1.29 is 9.53 Å². The van der Waals surface area contributed by atoms with Gasteiger partial charge in [-0.05, 0) is 56.0 Å². The van der Waals surface area contributed by atoms with Crippen LogP contribution in [0.2, 0.25) is 0 Å². The lowest BCUT2D eigenvalue weighted by molar-refractivity contribution is -0.134. The summed E-state index contributed by atoms with van der Waals surface area (Å²) >= 11 is 0. The van der Waals surface area contributed by atoms with Crippen molar-refractivity contribution in [3.63, 3.8) is 0 Å². The minimum atomic E-state index is 0.240. The molecule has 1 amide bonds. The fourth-order valence-electron chi connectivity index (χ4n) is 5.00. The third kappa shape index (κ3) is 4.64. The Bertz CT molecular complexity index is 790. The van der Waals surface area contributed by atoms with Crippen LogP contribution in [-0.4, -0.2) is 42.6 Å². The third-order valence-electron chi connectivity index (χ3n) is 6.35. The summed E-state index contributed by atoms with van der Waals surface area (Å²) in [7, 11) is 0. The predicted molar refractivity (Wildman–Crippen MR) is 116 cm³/mol. The van der Waals surface area contributed by atoms with Gasteiger partial charge in [0.2, 0.25) is 5.91 Å². The van der Waals surface area contributed by atoms with Gasteiger partial charge in [-0.15, -0.1) is 0 Å². The van der Waals surface area contributed by atoms with E-state index in [0.717, 1.165) is 43.7 Å². The second-order valence-corrected chi connectivity index (χ2v) is 8.19. The zero-order valence-corrected chi connectivity index (χ0v) is 17.3. The lowest BCUT2D eigenvalue weighted by atomic mass is 9.80. The van der Waals surface area contributed by atoms with Crippen LogP contribution in [-0.2, 0) is 11.2 Å². The summed E-state index contributed by atoms with van der Waals surface area (Å²) in [6.07, 6.45) is 4.96. The number of fused-ring (bicyclic) bond motifs is 1. The van der Waals surface area contributed by atoms with E-state index in [9.17, 15) is 4.79 Å². The molecule has 1 N–H and O–H groups in total. The van der Waals surface area contributed by atoms with Gasteiger partial charge in [-0.1, -0.05) is 48.9 Å². The second kappa shape index (κ2) is 9.45. The maximum absolute atomic E-state index is 13.4. The molecular weight excluding hydrogens is 360 g/mol. The summed E-state index contributed by atoms with van der Waals surface area (Å²) in [5.74, 6) is 1.51. The molecule has 0 saturated carbocycles. The molecular formula is C25H32N2O2. The fraction of sp³-hybridized carbons (Fsp3) is 0.480. The number of rotatable bonds is 5. The average Bonchev–Trinajstić information content (AvgIpc) is 2.98. The summed E-state index contributed by atoms with van der Waals surface area (Å²) < 4.78 is 5.53. The van der Waals surface area contributed by atoms with Crippen LogP contribution in [0.25, 0.3) is 0 Å². The van der Waals surface area contributed by atoms with Gasteiger partial charge < -0.3 is 15.0 Å². The van der Waals surface area contributed by atoms with Crippen LogP contribution in [0.4, 0.5) is 0 Å². The molecule has 4 heteroatoms. The summed E-state index contributed by atoms with van der Waals surface area (Å²) in [5, 5.41) is 3.72. The van der Waals surface area contributed by atoms with Crippen molar-refractivity contribution in [2.75, 3.05) is 19.7 Å². The van der Waals surface area contributed by atoms with E-state index in [4.69, 9.17) is 4.74 Å². The molecule has 2 aromatic rings. The van der Waals surface area contributed by atoms with Gasteiger partial charge in [-0.2, -0.15) is 0 Å². The molecule has 2 fully saturated rings. The topological polar surface area (TPSA) is 41.6 Å². The molecule has 0 aromatic heterocycles. The van der Waals surface area contributed by atoms with Crippen molar-refractivity contribution in [3.8, 4) is 5.75 Å². The van der Waals surface area contributed by atoms with Crippen LogP contribution in [0.5, 0.6) is 5.75 Å². The molecule has 0 bridgehead atoms. The number of hydrogen-bond donors (Lipinski definition) is 1. The zero-order valence-electron chi connectivity index (χ0n) is 17.3. The van der Waals surface area contributed by atoms with Crippen LogP contribution in [0.3, 0.4) is 0 Å². The SMILES string of the molecule is CCOc1ccc(CC(=O)N2CCCC[C@H]3NCC[C@H](c4ccccc4)[C@H]32)cc1. The quantitative estimate of drug-likeness (QED) is 0.831. The third-order valence-corrected chi connectivity index (χ3v) is 6.35. The van der Waals surface area contributed by atoms with Crippen molar-refractivity contribution in [3.05, 3.63) is 65.7 Å². The van der Waals surface area contributed by atoms with Gasteiger partial charge in [0.15, 0.2) is 0 Å². The number of piperidine rings is 1. The first-order chi connectivity index (χ1) is 14.3. The number of amides is 1. The Labute approximate surface area is 174 Å². The number of likely N-dealkylation sites (tertiary alicyclic amines) is 1. The Morgan fingerprint density at radius 2 is 1.86 bits per heavy atom. The van der Waals surface area contributed by atoms with Gasteiger partial charge in [0, 0.05) is 18.5 Å². The van der Waals surface area contributed by atoms with Gasteiger partial charge in [0.05, 0.1) is 19.1 Å². The van der Waals surface area contributed by atoms with Crippen LogP contribution in [0.15, 0.2) is 54.6 Å². The maximum atomic E-state index is 13.4. The molecule has 0 spiro atoms. The lowest BCUT2D eigenvalue weighted by Gasteiger charge is -2.44. The normalized spacial score (nSPS) is 24.4. The molecule has 3 atom stereocenters. The van der Waals surface area contributed by atoms with Crippen LogP contribution in [0.1, 0.15) is 49.7 Å². The van der Waals surface area contributed by atoms with E-state index in [2.05, 4.69) is 40.5 Å². The number of carbonyl (C=O) groups is 1. The summed E-state index contributed by atoms with van der Waals surface area (Å²) in [6, 6.07) is 19.4. The zero-order chi connectivity index (χ0) is 20.1. The number of benzene rings is 2. The second-order valence-electron chi connectivity index (χ2n) is 8.19. The molecule has 154 valence electrons. The summed E-state index contributed by atoms with van der Waals surface area (Å²) in [5.41, 5.74) is 2.42. The minimum Gasteiger partial charge on any atom is -0.494 e. The highest BCUT2D eigenvalue weighted by Gasteiger charge is 2.40. The van der Waals surface area contributed by atoms with E-state index in [1.165, 1.54) is 12.0 Å². The largest absolute Gasteiger partial charge is 0.494 e. The molecule has 2 heterocycles. The Balaban J connectivity index is 1.55. The Kier molecular flexibility index (Phi) is 6.50. The monoisotopic (exact) mass is 392 g/mol. The van der Waals surface area contributed by atoms with E-state index in [1.807, 2.05) is 31.2 Å². The average molecular weight is 393 g/mol. The van der Waals surface area contributed by atoms with Crippen molar-refractivity contribution in [1.82, 2.24) is 10.2 Å². The summed E-state index contributed by atoms with van der Waals surface area (Å²) in [4.78, 5) is 15.6. The number of nitrogens with one attached hydrogen (secondary N) is 1. The van der Waals surface area contributed by atoms with Crippen molar-refractivity contribution in [2.45, 2.75) is 57.0 Å². The van der Waals surface area contributed by atoms with Gasteiger partial charge >= 0.3 is 0 Å². The molecule has 2 saturated heterocycles. The maximum Gasteiger partial charge on any atom is 0.227 e. The molecule has 2 aromatic carbocycles. The van der Waals surface area contributed by atoms with E-state index in [1.54, 1.807) is 0 Å². The van der Waals surface area contributed by atoms with Crippen LogP contribution < -0.4 is 10.1 Å².